The van der Waals surface area contributed by atoms with Gasteiger partial charge in [0.25, 0.3) is 0 Å². The van der Waals surface area contributed by atoms with Crippen molar-refractivity contribution < 1.29 is 4.74 Å². The van der Waals surface area contributed by atoms with Gasteiger partial charge in [0.1, 0.15) is 12.4 Å². The molecule has 22 heavy (non-hydrogen) atoms. The van der Waals surface area contributed by atoms with E-state index in [1.165, 1.54) is 0 Å². The summed E-state index contributed by atoms with van der Waals surface area (Å²) in [5.41, 5.74) is 8.53. The third-order valence-corrected chi connectivity index (χ3v) is 4.30. The Kier molecular flexibility index (Phi) is 6.01. The first-order valence-corrected chi connectivity index (χ1v) is 7.77. The summed E-state index contributed by atoms with van der Waals surface area (Å²) in [5, 5.41) is 2.04. The van der Waals surface area contributed by atoms with Crippen LogP contribution in [-0.2, 0) is 6.61 Å². The molecule has 0 saturated heterocycles. The second kappa shape index (κ2) is 7.99. The maximum absolute atomic E-state index is 6.36. The van der Waals surface area contributed by atoms with Crippen molar-refractivity contribution in [2.75, 3.05) is 0 Å². The van der Waals surface area contributed by atoms with Crippen molar-refractivity contribution in [3.63, 3.8) is 0 Å². The molecule has 1 atom stereocenters. The van der Waals surface area contributed by atoms with Crippen LogP contribution in [0.15, 0.2) is 72.1 Å². The molecule has 0 fully saturated rings. The maximum atomic E-state index is 6.36. The van der Waals surface area contributed by atoms with E-state index in [1.54, 1.807) is 11.3 Å². The van der Waals surface area contributed by atoms with Gasteiger partial charge in [0, 0.05) is 10.4 Å². The van der Waals surface area contributed by atoms with Crippen LogP contribution in [0.1, 0.15) is 22.0 Å². The maximum Gasteiger partial charge on any atom is 0.124 e. The number of hydrogen-bond acceptors (Lipinski definition) is 3. The number of ether oxygens (including phenoxy) is 1. The third kappa shape index (κ3) is 3.89. The van der Waals surface area contributed by atoms with Crippen LogP contribution in [0, 0.1) is 0 Å². The molecule has 0 aliphatic heterocycles. The summed E-state index contributed by atoms with van der Waals surface area (Å²) in [6.07, 6.45) is 0. The number of nitrogens with two attached hydrogens (primary N) is 1. The molecule has 2 N–H and O–H groups in total. The predicted octanol–water partition coefficient (Wildman–Crippen LogP) is 4.80. The van der Waals surface area contributed by atoms with Crippen LogP contribution < -0.4 is 10.5 Å². The average Bonchev–Trinajstić information content (AvgIpc) is 3.08. The summed E-state index contributed by atoms with van der Waals surface area (Å²) in [7, 11) is 0. The minimum Gasteiger partial charge on any atom is -0.489 e. The van der Waals surface area contributed by atoms with E-state index >= 15 is 0 Å². The molecular weight excluding hydrogens is 314 g/mol. The summed E-state index contributed by atoms with van der Waals surface area (Å²) in [4.78, 5) is 1.14. The fourth-order valence-corrected chi connectivity index (χ4v) is 2.97. The van der Waals surface area contributed by atoms with E-state index < -0.39 is 0 Å². The van der Waals surface area contributed by atoms with E-state index in [-0.39, 0.29) is 18.4 Å². The van der Waals surface area contributed by atoms with E-state index in [1.807, 2.05) is 53.9 Å². The first-order chi connectivity index (χ1) is 10.3. The van der Waals surface area contributed by atoms with Crippen molar-refractivity contribution in [3.8, 4) is 5.75 Å². The van der Waals surface area contributed by atoms with E-state index in [2.05, 4.69) is 18.2 Å². The van der Waals surface area contributed by atoms with Gasteiger partial charge >= 0.3 is 0 Å². The van der Waals surface area contributed by atoms with Crippen molar-refractivity contribution in [2.24, 2.45) is 5.73 Å². The molecule has 0 bridgehead atoms. The molecule has 114 valence electrons. The van der Waals surface area contributed by atoms with Crippen LogP contribution in [0.2, 0.25) is 0 Å². The standard InChI is InChI=1S/C18H17NOS.ClH/c19-18(17-11-6-12-21-17)15-9-4-5-10-16(15)20-13-14-7-2-1-3-8-14;/h1-12,18H,13,19H2;1H/t18-;/m0./s1. The molecule has 0 spiro atoms. The Labute approximate surface area is 141 Å². The zero-order valence-corrected chi connectivity index (χ0v) is 13.6. The van der Waals surface area contributed by atoms with Crippen LogP contribution in [0.25, 0.3) is 0 Å². The molecule has 0 aliphatic rings. The Hall–Kier alpha value is -1.81. The Morgan fingerprint density at radius 2 is 1.64 bits per heavy atom. The summed E-state index contributed by atoms with van der Waals surface area (Å²) < 4.78 is 5.97. The molecule has 1 heterocycles. The topological polar surface area (TPSA) is 35.2 Å². The molecule has 0 radical (unpaired) electrons. The molecule has 0 aliphatic carbocycles. The van der Waals surface area contributed by atoms with Crippen LogP contribution in [-0.4, -0.2) is 0 Å². The van der Waals surface area contributed by atoms with Crippen molar-refractivity contribution >= 4 is 23.7 Å². The molecule has 2 aromatic carbocycles. The van der Waals surface area contributed by atoms with Gasteiger partial charge in [-0.05, 0) is 23.1 Å². The van der Waals surface area contributed by atoms with Gasteiger partial charge < -0.3 is 10.5 Å². The smallest absolute Gasteiger partial charge is 0.124 e. The zero-order valence-electron chi connectivity index (χ0n) is 12.0. The Morgan fingerprint density at radius 1 is 0.909 bits per heavy atom. The highest BCUT2D eigenvalue weighted by Gasteiger charge is 2.14. The fourth-order valence-electron chi connectivity index (χ4n) is 2.23. The van der Waals surface area contributed by atoms with Gasteiger partial charge in [-0.2, -0.15) is 0 Å². The molecule has 1 aromatic heterocycles. The van der Waals surface area contributed by atoms with Gasteiger partial charge in [-0.15, -0.1) is 23.7 Å². The molecule has 0 amide bonds. The second-order valence-electron chi connectivity index (χ2n) is 4.81. The lowest BCUT2D eigenvalue weighted by molar-refractivity contribution is 0.302. The second-order valence-corrected chi connectivity index (χ2v) is 5.78. The van der Waals surface area contributed by atoms with E-state index in [4.69, 9.17) is 10.5 Å². The van der Waals surface area contributed by atoms with Gasteiger partial charge in [0.15, 0.2) is 0 Å². The molecule has 0 unspecified atom stereocenters. The molecular formula is C18H18ClNOS. The van der Waals surface area contributed by atoms with E-state index in [0.29, 0.717) is 6.61 Å². The minimum absolute atomic E-state index is 0. The van der Waals surface area contributed by atoms with Gasteiger partial charge in [0.05, 0.1) is 6.04 Å². The number of halogens is 1. The molecule has 2 nitrogen and oxygen atoms in total. The quantitative estimate of drug-likeness (QED) is 0.729. The fraction of sp³-hybridized carbons (Fsp3) is 0.111. The Morgan fingerprint density at radius 3 is 2.36 bits per heavy atom. The largest absolute Gasteiger partial charge is 0.489 e. The zero-order chi connectivity index (χ0) is 14.5. The lowest BCUT2D eigenvalue weighted by Crippen LogP contribution is -2.12. The Balaban J connectivity index is 0.00000176. The summed E-state index contributed by atoms with van der Waals surface area (Å²) >= 11 is 1.67. The molecule has 3 aromatic rings. The number of para-hydroxylation sites is 1. The number of rotatable bonds is 5. The van der Waals surface area contributed by atoms with Gasteiger partial charge in [0.2, 0.25) is 0 Å². The molecule has 3 rings (SSSR count). The lowest BCUT2D eigenvalue weighted by Gasteiger charge is -2.16. The number of benzene rings is 2. The van der Waals surface area contributed by atoms with Crippen LogP contribution >= 0.6 is 23.7 Å². The highest BCUT2D eigenvalue weighted by atomic mass is 35.5. The van der Waals surface area contributed by atoms with Crippen LogP contribution in [0.4, 0.5) is 0 Å². The van der Waals surface area contributed by atoms with Crippen molar-refractivity contribution in [3.05, 3.63) is 88.1 Å². The first kappa shape index (κ1) is 16.6. The summed E-state index contributed by atoms with van der Waals surface area (Å²) in [5.74, 6) is 0.849. The van der Waals surface area contributed by atoms with Crippen molar-refractivity contribution in [1.82, 2.24) is 0 Å². The van der Waals surface area contributed by atoms with Crippen LogP contribution in [0.3, 0.4) is 0 Å². The highest BCUT2D eigenvalue weighted by Crippen LogP contribution is 2.30. The molecule has 0 saturated carbocycles. The third-order valence-electron chi connectivity index (χ3n) is 3.34. The van der Waals surface area contributed by atoms with Crippen molar-refractivity contribution in [1.29, 1.82) is 0 Å². The monoisotopic (exact) mass is 331 g/mol. The highest BCUT2D eigenvalue weighted by molar-refractivity contribution is 7.10. The number of thiophene rings is 1. The van der Waals surface area contributed by atoms with Crippen LogP contribution in [0.5, 0.6) is 5.75 Å². The SMILES string of the molecule is Cl.N[C@H](c1cccs1)c1ccccc1OCc1ccccc1. The lowest BCUT2D eigenvalue weighted by atomic mass is 10.1. The van der Waals surface area contributed by atoms with Gasteiger partial charge in [-0.25, -0.2) is 0 Å². The van der Waals surface area contributed by atoms with E-state index in [0.717, 1.165) is 21.8 Å². The Bertz CT molecular complexity index is 685. The summed E-state index contributed by atoms with van der Waals surface area (Å²) in [6, 6.07) is 22.1. The normalized spacial score (nSPS) is 11.5. The predicted molar refractivity (Wildman–Crippen MR) is 94.8 cm³/mol. The van der Waals surface area contributed by atoms with E-state index in [9.17, 15) is 0 Å². The summed E-state index contributed by atoms with van der Waals surface area (Å²) in [6.45, 7) is 0.551. The average molecular weight is 332 g/mol. The van der Waals surface area contributed by atoms with Gasteiger partial charge in [-0.1, -0.05) is 54.6 Å². The van der Waals surface area contributed by atoms with Gasteiger partial charge in [-0.3, -0.25) is 0 Å². The number of hydrogen-bond donors (Lipinski definition) is 1. The van der Waals surface area contributed by atoms with Crippen molar-refractivity contribution in [2.45, 2.75) is 12.6 Å². The molecule has 4 heteroatoms. The first-order valence-electron chi connectivity index (χ1n) is 6.89. The minimum atomic E-state index is -0.142.